The number of aromatic nitrogens is 6. The van der Waals surface area contributed by atoms with Crippen molar-refractivity contribution in [2.75, 3.05) is 18.0 Å². The third-order valence-electron chi connectivity index (χ3n) is 7.61. The molecule has 1 atom stereocenters. The Morgan fingerprint density at radius 3 is 2.70 bits per heavy atom. The minimum atomic E-state index is 0.0595. The van der Waals surface area contributed by atoms with Gasteiger partial charge in [-0.25, -0.2) is 14.0 Å². The molecule has 1 spiro atoms. The molecule has 1 aliphatic heterocycles. The van der Waals surface area contributed by atoms with Crippen molar-refractivity contribution in [3.8, 4) is 11.3 Å². The summed E-state index contributed by atoms with van der Waals surface area (Å²) in [6.07, 6.45) is 12.5. The van der Waals surface area contributed by atoms with Crippen molar-refractivity contribution in [3.05, 3.63) is 78.6 Å². The molecule has 0 saturated carbocycles. The predicted molar refractivity (Wildman–Crippen MR) is 126 cm³/mol. The van der Waals surface area contributed by atoms with Gasteiger partial charge in [-0.3, -0.25) is 4.98 Å². The second kappa shape index (κ2) is 6.86. The number of hydrogen-bond acceptors (Lipinski definition) is 6. The fourth-order valence-corrected chi connectivity index (χ4v) is 5.77. The minimum absolute atomic E-state index is 0.0595. The van der Waals surface area contributed by atoms with Crippen molar-refractivity contribution >= 4 is 16.9 Å². The standard InChI is InChI=1S/C25H24N8/c26-23-17-4-3-9-27-19(17)14-25(23)7-12-31(13-8-25)24-21-6-10-29-33(21)22(16-28-24)18-15-30-32-11-2-1-5-20(18)32/h1-6,9-11,15-16,23H,7-8,12-14,26H2/t23-/m1/s1. The summed E-state index contributed by atoms with van der Waals surface area (Å²) in [6, 6.07) is 12.3. The summed E-state index contributed by atoms with van der Waals surface area (Å²) >= 11 is 0. The lowest BCUT2D eigenvalue weighted by atomic mass is 9.73. The van der Waals surface area contributed by atoms with Gasteiger partial charge in [-0.2, -0.15) is 10.2 Å². The summed E-state index contributed by atoms with van der Waals surface area (Å²) < 4.78 is 3.86. The second-order valence-electron chi connectivity index (χ2n) is 9.23. The van der Waals surface area contributed by atoms with Gasteiger partial charge in [0.25, 0.3) is 0 Å². The molecule has 8 heteroatoms. The Kier molecular flexibility index (Phi) is 3.90. The Morgan fingerprint density at radius 1 is 0.909 bits per heavy atom. The highest BCUT2D eigenvalue weighted by atomic mass is 15.3. The first-order valence-electron chi connectivity index (χ1n) is 11.4. The van der Waals surface area contributed by atoms with Crippen molar-refractivity contribution in [3.63, 3.8) is 0 Å². The van der Waals surface area contributed by atoms with Crippen molar-refractivity contribution in [2.45, 2.75) is 25.3 Å². The first-order valence-corrected chi connectivity index (χ1v) is 11.4. The maximum atomic E-state index is 6.74. The number of pyridine rings is 2. The summed E-state index contributed by atoms with van der Waals surface area (Å²) in [6.45, 7) is 1.84. The third-order valence-corrected chi connectivity index (χ3v) is 7.61. The van der Waals surface area contributed by atoms with Gasteiger partial charge >= 0.3 is 0 Å². The number of anilines is 1. The molecule has 5 aromatic heterocycles. The van der Waals surface area contributed by atoms with Gasteiger partial charge in [0.15, 0.2) is 5.82 Å². The van der Waals surface area contributed by atoms with Crippen molar-refractivity contribution in [1.82, 2.24) is 29.2 Å². The van der Waals surface area contributed by atoms with E-state index < -0.39 is 0 Å². The molecule has 33 heavy (non-hydrogen) atoms. The highest BCUT2D eigenvalue weighted by Gasteiger charge is 2.46. The lowest BCUT2D eigenvalue weighted by molar-refractivity contribution is 0.187. The topological polar surface area (TPSA) is 89.6 Å². The fraction of sp³-hybridized carbons (Fsp3) is 0.280. The normalized spacial score (nSPS) is 19.5. The summed E-state index contributed by atoms with van der Waals surface area (Å²) in [7, 11) is 0. The monoisotopic (exact) mass is 436 g/mol. The van der Waals surface area contributed by atoms with Gasteiger partial charge < -0.3 is 10.6 Å². The van der Waals surface area contributed by atoms with Gasteiger partial charge in [-0.05, 0) is 54.5 Å². The van der Waals surface area contributed by atoms with Crippen LogP contribution in [0.4, 0.5) is 5.82 Å². The number of nitrogens with zero attached hydrogens (tertiary/aromatic N) is 7. The molecule has 1 aliphatic carbocycles. The van der Waals surface area contributed by atoms with Gasteiger partial charge in [0.1, 0.15) is 5.52 Å². The zero-order valence-corrected chi connectivity index (χ0v) is 18.2. The van der Waals surface area contributed by atoms with Crippen LogP contribution in [0, 0.1) is 5.41 Å². The van der Waals surface area contributed by atoms with Crippen LogP contribution in [0.25, 0.3) is 22.3 Å². The average Bonchev–Trinajstić information content (AvgIpc) is 3.57. The molecular formula is C25H24N8. The van der Waals surface area contributed by atoms with E-state index >= 15 is 0 Å². The molecule has 0 bridgehead atoms. The first-order chi connectivity index (χ1) is 16.2. The molecular weight excluding hydrogens is 412 g/mol. The predicted octanol–water partition coefficient (Wildman–Crippen LogP) is 3.28. The van der Waals surface area contributed by atoms with Crippen LogP contribution in [-0.4, -0.2) is 42.3 Å². The molecule has 6 heterocycles. The molecule has 5 aromatic rings. The molecule has 1 saturated heterocycles. The van der Waals surface area contributed by atoms with Crippen LogP contribution >= 0.6 is 0 Å². The van der Waals surface area contributed by atoms with E-state index in [1.165, 1.54) is 11.3 Å². The number of hydrogen-bond donors (Lipinski definition) is 1. The molecule has 2 aliphatic rings. The van der Waals surface area contributed by atoms with Gasteiger partial charge in [-0.1, -0.05) is 12.1 Å². The van der Waals surface area contributed by atoms with Crippen LogP contribution in [0.3, 0.4) is 0 Å². The van der Waals surface area contributed by atoms with E-state index in [-0.39, 0.29) is 11.5 Å². The van der Waals surface area contributed by atoms with E-state index in [4.69, 9.17) is 10.7 Å². The van der Waals surface area contributed by atoms with Gasteiger partial charge in [0.05, 0.1) is 29.8 Å². The Bertz CT molecular complexity index is 1490. The summed E-state index contributed by atoms with van der Waals surface area (Å²) in [5.41, 5.74) is 13.2. The Labute approximate surface area is 190 Å². The van der Waals surface area contributed by atoms with Crippen LogP contribution < -0.4 is 10.6 Å². The minimum Gasteiger partial charge on any atom is -0.355 e. The van der Waals surface area contributed by atoms with Crippen molar-refractivity contribution in [1.29, 1.82) is 0 Å². The van der Waals surface area contributed by atoms with E-state index in [0.29, 0.717) is 0 Å². The molecule has 0 aromatic carbocycles. The van der Waals surface area contributed by atoms with E-state index in [1.54, 1.807) is 0 Å². The Balaban J connectivity index is 1.21. The van der Waals surface area contributed by atoms with Crippen LogP contribution in [0.2, 0.25) is 0 Å². The molecule has 2 N–H and O–H groups in total. The smallest absolute Gasteiger partial charge is 0.154 e. The van der Waals surface area contributed by atoms with Crippen LogP contribution in [0.15, 0.2) is 67.4 Å². The number of fused-ring (bicyclic) bond motifs is 3. The van der Waals surface area contributed by atoms with Gasteiger partial charge in [-0.15, -0.1) is 0 Å². The maximum absolute atomic E-state index is 6.74. The first kappa shape index (κ1) is 18.8. The van der Waals surface area contributed by atoms with E-state index in [9.17, 15) is 0 Å². The van der Waals surface area contributed by atoms with E-state index in [1.807, 2.05) is 64.3 Å². The third kappa shape index (κ3) is 2.67. The molecule has 7 rings (SSSR count). The average molecular weight is 437 g/mol. The number of piperidine rings is 1. The Hall–Kier alpha value is -3.78. The van der Waals surface area contributed by atoms with Crippen molar-refractivity contribution < 1.29 is 0 Å². The summed E-state index contributed by atoms with van der Waals surface area (Å²) in [4.78, 5) is 11.9. The summed E-state index contributed by atoms with van der Waals surface area (Å²) in [5, 5.41) is 9.12. The van der Waals surface area contributed by atoms with Crippen LogP contribution in [-0.2, 0) is 6.42 Å². The lowest BCUT2D eigenvalue weighted by Crippen LogP contribution is -2.44. The molecule has 0 radical (unpaired) electrons. The molecule has 0 unspecified atom stereocenters. The highest BCUT2D eigenvalue weighted by Crippen LogP contribution is 2.50. The zero-order chi connectivity index (χ0) is 22.0. The highest BCUT2D eigenvalue weighted by molar-refractivity contribution is 5.81. The molecule has 8 nitrogen and oxygen atoms in total. The summed E-state index contributed by atoms with van der Waals surface area (Å²) in [5.74, 6) is 0.977. The maximum Gasteiger partial charge on any atom is 0.154 e. The second-order valence-corrected chi connectivity index (χ2v) is 9.23. The number of nitrogens with two attached hydrogens (primary N) is 1. The fourth-order valence-electron chi connectivity index (χ4n) is 5.77. The quantitative estimate of drug-likeness (QED) is 0.457. The van der Waals surface area contributed by atoms with E-state index in [0.717, 1.165) is 60.5 Å². The van der Waals surface area contributed by atoms with E-state index in [2.05, 4.69) is 32.2 Å². The lowest BCUT2D eigenvalue weighted by Gasteiger charge is -2.42. The van der Waals surface area contributed by atoms with Gasteiger partial charge in [0.2, 0.25) is 0 Å². The molecule has 0 amide bonds. The van der Waals surface area contributed by atoms with Gasteiger partial charge in [0, 0.05) is 42.8 Å². The van der Waals surface area contributed by atoms with Crippen molar-refractivity contribution in [2.24, 2.45) is 11.1 Å². The molecule has 164 valence electrons. The zero-order valence-electron chi connectivity index (χ0n) is 18.2. The number of rotatable bonds is 2. The van der Waals surface area contributed by atoms with Crippen LogP contribution in [0.1, 0.15) is 30.1 Å². The largest absolute Gasteiger partial charge is 0.355 e. The SMILES string of the molecule is N[C@@H]1c2cccnc2CC12CCN(c1ncc(-c3cnn4ccccc34)n3nccc13)CC2. The van der Waals surface area contributed by atoms with Crippen LogP contribution in [0.5, 0.6) is 0 Å². The molecule has 1 fully saturated rings. The Morgan fingerprint density at radius 2 is 1.82 bits per heavy atom.